The summed E-state index contributed by atoms with van der Waals surface area (Å²) < 4.78 is 10.2. The standard InChI is InChI=1S/C11H12N2O4/c1-11(8-3-2-4-16-8)9(14)13(10(15)12-11)5-7-6-17-7/h2-4,7H,5-6H2,1H3,(H,12,15). The highest BCUT2D eigenvalue weighted by molar-refractivity contribution is 6.06. The highest BCUT2D eigenvalue weighted by atomic mass is 16.6. The van der Waals surface area contributed by atoms with E-state index in [9.17, 15) is 9.59 Å². The van der Waals surface area contributed by atoms with E-state index in [-0.39, 0.29) is 12.0 Å². The van der Waals surface area contributed by atoms with E-state index < -0.39 is 11.6 Å². The van der Waals surface area contributed by atoms with E-state index in [1.165, 1.54) is 11.2 Å². The molecule has 0 saturated carbocycles. The third-order valence-corrected chi connectivity index (χ3v) is 3.08. The van der Waals surface area contributed by atoms with Crippen molar-refractivity contribution in [2.45, 2.75) is 18.6 Å². The smallest absolute Gasteiger partial charge is 0.325 e. The number of furan rings is 1. The second-order valence-electron chi connectivity index (χ2n) is 4.40. The van der Waals surface area contributed by atoms with Crippen molar-refractivity contribution >= 4 is 11.9 Å². The van der Waals surface area contributed by atoms with E-state index in [0.29, 0.717) is 18.9 Å². The van der Waals surface area contributed by atoms with Gasteiger partial charge in [0.15, 0.2) is 5.54 Å². The van der Waals surface area contributed by atoms with Gasteiger partial charge in [-0.15, -0.1) is 0 Å². The van der Waals surface area contributed by atoms with Crippen LogP contribution in [-0.4, -0.2) is 36.1 Å². The molecule has 0 spiro atoms. The van der Waals surface area contributed by atoms with Gasteiger partial charge in [-0.25, -0.2) is 4.79 Å². The fraction of sp³-hybridized carbons (Fsp3) is 0.455. The van der Waals surface area contributed by atoms with Gasteiger partial charge < -0.3 is 14.5 Å². The molecule has 3 amide bonds. The summed E-state index contributed by atoms with van der Waals surface area (Å²) in [5.74, 6) is 0.142. The number of carbonyl (C=O) groups excluding carboxylic acids is 2. The Morgan fingerprint density at radius 3 is 2.94 bits per heavy atom. The number of amides is 3. The lowest BCUT2D eigenvalue weighted by atomic mass is 9.99. The van der Waals surface area contributed by atoms with Gasteiger partial charge in [0.25, 0.3) is 5.91 Å². The number of hydrogen-bond donors (Lipinski definition) is 1. The topological polar surface area (TPSA) is 75.1 Å². The van der Waals surface area contributed by atoms with Gasteiger partial charge in [0.05, 0.1) is 25.5 Å². The number of ether oxygens (including phenoxy) is 1. The predicted molar refractivity (Wildman–Crippen MR) is 56.0 cm³/mol. The zero-order chi connectivity index (χ0) is 12.0. The summed E-state index contributed by atoms with van der Waals surface area (Å²) >= 11 is 0. The van der Waals surface area contributed by atoms with Crippen LogP contribution in [0.5, 0.6) is 0 Å². The molecule has 2 aliphatic rings. The van der Waals surface area contributed by atoms with Crippen molar-refractivity contribution < 1.29 is 18.7 Å². The van der Waals surface area contributed by atoms with Gasteiger partial charge in [0.2, 0.25) is 0 Å². The van der Waals surface area contributed by atoms with Crippen LogP contribution in [0, 0.1) is 0 Å². The van der Waals surface area contributed by atoms with Gasteiger partial charge in [-0.2, -0.15) is 0 Å². The Balaban J connectivity index is 1.88. The van der Waals surface area contributed by atoms with Gasteiger partial charge in [0, 0.05) is 0 Å². The summed E-state index contributed by atoms with van der Waals surface area (Å²) in [5, 5.41) is 2.65. The average molecular weight is 236 g/mol. The first-order chi connectivity index (χ1) is 8.11. The Morgan fingerprint density at radius 1 is 1.59 bits per heavy atom. The minimum absolute atomic E-state index is 0.0105. The quantitative estimate of drug-likeness (QED) is 0.610. The zero-order valence-electron chi connectivity index (χ0n) is 9.30. The number of hydrogen-bond acceptors (Lipinski definition) is 4. The summed E-state index contributed by atoms with van der Waals surface area (Å²) in [6, 6.07) is 2.96. The molecule has 6 heteroatoms. The van der Waals surface area contributed by atoms with Gasteiger partial charge in [-0.3, -0.25) is 9.69 Å². The average Bonchev–Trinajstić information content (AvgIpc) is 2.87. The van der Waals surface area contributed by atoms with E-state index in [2.05, 4.69) is 5.32 Å². The Kier molecular flexibility index (Phi) is 2.03. The minimum Gasteiger partial charge on any atom is -0.466 e. The molecule has 17 heavy (non-hydrogen) atoms. The number of epoxide rings is 1. The molecule has 0 aliphatic carbocycles. The molecule has 90 valence electrons. The van der Waals surface area contributed by atoms with E-state index in [1.807, 2.05) is 0 Å². The fourth-order valence-electron chi connectivity index (χ4n) is 1.97. The first-order valence-corrected chi connectivity index (χ1v) is 5.41. The number of urea groups is 1. The van der Waals surface area contributed by atoms with Crippen molar-refractivity contribution in [1.82, 2.24) is 10.2 Å². The summed E-state index contributed by atoms with van der Waals surface area (Å²) in [6.07, 6.45) is 1.47. The Morgan fingerprint density at radius 2 is 2.35 bits per heavy atom. The molecule has 2 unspecified atom stereocenters. The van der Waals surface area contributed by atoms with Crippen molar-refractivity contribution in [3.8, 4) is 0 Å². The molecule has 0 bridgehead atoms. The number of rotatable bonds is 3. The van der Waals surface area contributed by atoms with Crippen LogP contribution in [0.1, 0.15) is 12.7 Å². The molecular weight excluding hydrogens is 224 g/mol. The monoisotopic (exact) mass is 236 g/mol. The van der Waals surface area contributed by atoms with E-state index >= 15 is 0 Å². The number of carbonyl (C=O) groups is 2. The Bertz CT molecular complexity index is 466. The van der Waals surface area contributed by atoms with E-state index in [1.54, 1.807) is 19.1 Å². The van der Waals surface area contributed by atoms with Crippen molar-refractivity contribution in [1.29, 1.82) is 0 Å². The molecule has 2 atom stereocenters. The highest BCUT2D eigenvalue weighted by Gasteiger charge is 2.52. The molecule has 2 aliphatic heterocycles. The van der Waals surface area contributed by atoms with Crippen LogP contribution in [-0.2, 0) is 15.1 Å². The molecule has 0 radical (unpaired) electrons. The zero-order valence-corrected chi connectivity index (χ0v) is 9.30. The molecule has 1 aromatic rings. The lowest BCUT2D eigenvalue weighted by molar-refractivity contribution is -0.131. The molecule has 3 rings (SSSR count). The van der Waals surface area contributed by atoms with Crippen molar-refractivity contribution in [3.05, 3.63) is 24.2 Å². The van der Waals surface area contributed by atoms with Gasteiger partial charge in [-0.1, -0.05) is 0 Å². The van der Waals surface area contributed by atoms with Crippen molar-refractivity contribution in [3.63, 3.8) is 0 Å². The maximum atomic E-state index is 12.2. The van der Waals surface area contributed by atoms with Crippen LogP contribution in [0.25, 0.3) is 0 Å². The second kappa shape index (κ2) is 3.33. The fourth-order valence-corrected chi connectivity index (χ4v) is 1.97. The molecule has 1 N–H and O–H groups in total. The largest absolute Gasteiger partial charge is 0.466 e. The summed E-state index contributed by atoms with van der Waals surface area (Å²) in [5.41, 5.74) is -1.10. The minimum atomic E-state index is -1.10. The number of nitrogens with one attached hydrogen (secondary N) is 1. The summed E-state index contributed by atoms with van der Waals surface area (Å²) in [4.78, 5) is 25.2. The number of nitrogens with zero attached hydrogens (tertiary/aromatic N) is 1. The van der Waals surface area contributed by atoms with Gasteiger partial charge >= 0.3 is 6.03 Å². The highest BCUT2D eigenvalue weighted by Crippen LogP contribution is 2.29. The first-order valence-electron chi connectivity index (χ1n) is 5.41. The molecule has 6 nitrogen and oxygen atoms in total. The van der Waals surface area contributed by atoms with Crippen LogP contribution < -0.4 is 5.32 Å². The SMILES string of the molecule is CC1(c2ccco2)NC(=O)N(CC2CO2)C1=O. The lowest BCUT2D eigenvalue weighted by Gasteiger charge is -2.18. The molecule has 3 heterocycles. The van der Waals surface area contributed by atoms with Crippen molar-refractivity contribution in [2.75, 3.05) is 13.2 Å². The van der Waals surface area contributed by atoms with Crippen LogP contribution in [0.15, 0.2) is 22.8 Å². The molecule has 2 fully saturated rings. The van der Waals surface area contributed by atoms with Crippen LogP contribution in [0.4, 0.5) is 4.79 Å². The molecule has 0 aromatic carbocycles. The maximum absolute atomic E-state index is 12.2. The molecule has 1 aromatic heterocycles. The van der Waals surface area contributed by atoms with Gasteiger partial charge in [0.1, 0.15) is 5.76 Å². The normalized spacial score (nSPS) is 31.8. The van der Waals surface area contributed by atoms with E-state index in [0.717, 1.165) is 0 Å². The van der Waals surface area contributed by atoms with Crippen LogP contribution in [0.2, 0.25) is 0 Å². The van der Waals surface area contributed by atoms with Crippen molar-refractivity contribution in [2.24, 2.45) is 0 Å². The van der Waals surface area contributed by atoms with E-state index in [4.69, 9.17) is 9.15 Å². The summed E-state index contributed by atoms with van der Waals surface area (Å²) in [6.45, 7) is 2.55. The third kappa shape index (κ3) is 1.52. The Labute approximate surface area is 97.5 Å². The maximum Gasteiger partial charge on any atom is 0.325 e. The third-order valence-electron chi connectivity index (χ3n) is 3.08. The molecule has 2 saturated heterocycles. The van der Waals surface area contributed by atoms with Gasteiger partial charge in [-0.05, 0) is 19.1 Å². The number of imide groups is 1. The molecular formula is C11H12N2O4. The predicted octanol–water partition coefficient (Wildman–Crippen LogP) is 0.445. The second-order valence-corrected chi connectivity index (χ2v) is 4.40. The Hall–Kier alpha value is -1.82. The first kappa shape index (κ1) is 10.3. The lowest BCUT2D eigenvalue weighted by Crippen LogP contribution is -2.41. The van der Waals surface area contributed by atoms with Crippen LogP contribution in [0.3, 0.4) is 0 Å². The van der Waals surface area contributed by atoms with Crippen LogP contribution >= 0.6 is 0 Å². The summed E-state index contributed by atoms with van der Waals surface area (Å²) in [7, 11) is 0.